The van der Waals surface area contributed by atoms with E-state index < -0.39 is 0 Å². The minimum Gasteiger partial charge on any atom is -0.456 e. The van der Waals surface area contributed by atoms with Crippen molar-refractivity contribution in [3.63, 3.8) is 0 Å². The van der Waals surface area contributed by atoms with E-state index in [1.165, 1.54) is 122 Å². The Bertz CT molecular complexity index is 4050. The van der Waals surface area contributed by atoms with Crippen LogP contribution in [0.5, 0.6) is 0 Å². The minimum absolute atomic E-state index is 0.0123. The monoisotopic (exact) mass is 1060 g/mol. The van der Waals surface area contributed by atoms with Crippen molar-refractivity contribution in [1.82, 2.24) is 0 Å². The van der Waals surface area contributed by atoms with Crippen LogP contribution in [0.1, 0.15) is 175 Å². The van der Waals surface area contributed by atoms with E-state index in [1.807, 2.05) is 0 Å². The molecule has 6 aliphatic rings. The van der Waals surface area contributed by atoms with Crippen LogP contribution in [0.3, 0.4) is 0 Å². The van der Waals surface area contributed by atoms with Crippen LogP contribution in [0.15, 0.2) is 156 Å². The number of rotatable bonds is 5. The summed E-state index contributed by atoms with van der Waals surface area (Å²) >= 11 is 0. The average Bonchev–Trinajstić information content (AvgIpc) is 3.25. The van der Waals surface area contributed by atoms with E-state index in [2.05, 4.69) is 256 Å². The van der Waals surface area contributed by atoms with Gasteiger partial charge >= 0.3 is 0 Å². The van der Waals surface area contributed by atoms with Crippen molar-refractivity contribution in [3.8, 4) is 11.1 Å². The van der Waals surface area contributed by atoms with Crippen molar-refractivity contribution in [1.29, 1.82) is 0 Å². The van der Waals surface area contributed by atoms with Crippen LogP contribution in [0.25, 0.3) is 33.1 Å². The van der Waals surface area contributed by atoms with E-state index in [9.17, 15) is 0 Å². The number of anilines is 8. The Kier molecular flexibility index (Phi) is 10.6. The Morgan fingerprint density at radius 3 is 1.70 bits per heavy atom. The lowest BCUT2D eigenvalue weighted by Gasteiger charge is -2.53. The van der Waals surface area contributed by atoms with Crippen molar-refractivity contribution in [2.75, 3.05) is 14.7 Å². The molecule has 1 saturated carbocycles. The molecule has 8 aromatic carbocycles. The number of benzene rings is 8. The Balaban J connectivity index is 1.05. The molecule has 3 aliphatic heterocycles. The third-order valence-electron chi connectivity index (χ3n) is 22.1. The predicted molar refractivity (Wildman–Crippen MR) is 345 cm³/mol. The maximum Gasteiger partial charge on any atom is 0.252 e. The second kappa shape index (κ2) is 16.8. The van der Waals surface area contributed by atoms with Crippen molar-refractivity contribution in [2.45, 2.75) is 179 Å². The summed E-state index contributed by atoms with van der Waals surface area (Å²) in [6.07, 6.45) is 9.48. The fraction of sp³-hybridized carbons (Fsp3) is 0.368. The number of hydrogen-bond acceptors (Lipinski definition) is 4. The number of para-hydroxylation sites is 1. The molecule has 0 spiro atoms. The first-order valence-electron chi connectivity index (χ1n) is 30.7. The van der Waals surface area contributed by atoms with Gasteiger partial charge in [0.2, 0.25) is 0 Å². The van der Waals surface area contributed by atoms with Crippen molar-refractivity contribution in [3.05, 3.63) is 185 Å². The molecule has 15 rings (SSSR count). The molecule has 0 bridgehead atoms. The topological polar surface area (TPSA) is 22.9 Å². The molecule has 1 aromatic heterocycles. The highest BCUT2D eigenvalue weighted by atomic mass is 16.3. The summed E-state index contributed by atoms with van der Waals surface area (Å²) in [6.45, 7) is 32.2. The number of furan rings is 1. The molecule has 0 radical (unpaired) electrons. The van der Waals surface area contributed by atoms with E-state index >= 15 is 0 Å². The van der Waals surface area contributed by atoms with E-state index in [0.29, 0.717) is 0 Å². The van der Waals surface area contributed by atoms with Gasteiger partial charge in [-0.25, -0.2) is 0 Å². The lowest BCUT2D eigenvalue weighted by atomic mass is 9.33. The van der Waals surface area contributed by atoms with Crippen LogP contribution in [0.2, 0.25) is 0 Å². The van der Waals surface area contributed by atoms with Crippen molar-refractivity contribution >= 4 is 90.5 Å². The molecule has 81 heavy (non-hydrogen) atoms. The van der Waals surface area contributed by atoms with Gasteiger partial charge in [-0.1, -0.05) is 175 Å². The van der Waals surface area contributed by atoms with E-state index in [-0.39, 0.29) is 44.7 Å². The highest BCUT2D eigenvalue weighted by Gasteiger charge is 2.62. The summed E-state index contributed by atoms with van der Waals surface area (Å²) in [5.41, 5.74) is 27.3. The van der Waals surface area contributed by atoms with Gasteiger partial charge in [0, 0.05) is 67.8 Å². The summed E-state index contributed by atoms with van der Waals surface area (Å²) in [4.78, 5) is 8.15. The first-order valence-corrected chi connectivity index (χ1v) is 30.7. The molecule has 4 heterocycles. The standard InChI is InChI=1S/C76H80BN3O/c1-70(2,3)49-41-60-69-62(42-49)77-61-32-28-52(78(50-26-30-56-58(43-50)73(8,9)37-35-71(56,4)5)51-27-31-57-59(44-51)74(10,11)38-36-72(57,6)7)45-63(61)79(53-25-29-55-54-23-17-18-24-66(54)81-67(55)46-53)64-39-48(47-21-15-14-16-22-47)40-65(68(64)77)80(69)76(13)34-20-19-33-75(60,76)12/h14-18,21-32,39-46H,19-20,33-38H2,1-13H3. The van der Waals surface area contributed by atoms with Crippen LogP contribution in [-0.4, -0.2) is 12.3 Å². The second-order valence-electron chi connectivity index (χ2n) is 29.8. The fourth-order valence-corrected chi connectivity index (χ4v) is 16.7. The van der Waals surface area contributed by atoms with Crippen LogP contribution in [-0.2, 0) is 32.5 Å². The summed E-state index contributed by atoms with van der Waals surface area (Å²) in [5.74, 6) is 0. The molecule has 3 aliphatic carbocycles. The molecule has 2 unspecified atom stereocenters. The number of nitrogens with zero attached hydrogens (tertiary/aromatic N) is 3. The van der Waals surface area contributed by atoms with E-state index in [1.54, 1.807) is 5.56 Å². The molecule has 2 atom stereocenters. The van der Waals surface area contributed by atoms with Gasteiger partial charge in [-0.15, -0.1) is 0 Å². The second-order valence-corrected chi connectivity index (χ2v) is 29.8. The SMILES string of the molecule is CC(C)(C)c1cc2c3c(c1)C1(C)CCCCC1(C)N3c1cc(-c3ccccc3)cc3c1B2c1ccc(N(c2ccc4c(c2)C(C)(C)CCC4(C)C)c2ccc4c(c2)C(C)(C)CCC4(C)C)cc1N3c1ccc2c(c1)oc1ccccc12. The lowest BCUT2D eigenvalue weighted by Crippen LogP contribution is -2.64. The molecule has 5 heteroatoms. The Morgan fingerprint density at radius 2 is 1.04 bits per heavy atom. The zero-order valence-corrected chi connectivity index (χ0v) is 50.4. The van der Waals surface area contributed by atoms with Crippen LogP contribution < -0.4 is 31.1 Å². The van der Waals surface area contributed by atoms with Gasteiger partial charge in [-0.2, -0.15) is 0 Å². The maximum atomic E-state index is 6.83. The minimum atomic E-state index is -0.118. The fourth-order valence-electron chi connectivity index (χ4n) is 16.7. The Morgan fingerprint density at radius 1 is 0.457 bits per heavy atom. The summed E-state index contributed by atoms with van der Waals surface area (Å²) in [7, 11) is 0. The molecular weight excluding hydrogens is 982 g/mol. The zero-order chi connectivity index (χ0) is 56.1. The van der Waals surface area contributed by atoms with Crippen molar-refractivity contribution in [2.24, 2.45) is 0 Å². The zero-order valence-electron chi connectivity index (χ0n) is 50.4. The summed E-state index contributed by atoms with van der Waals surface area (Å²) in [6, 6.07) is 59.7. The molecule has 0 saturated heterocycles. The maximum absolute atomic E-state index is 6.83. The largest absolute Gasteiger partial charge is 0.456 e. The summed E-state index contributed by atoms with van der Waals surface area (Å²) in [5, 5.41) is 2.28. The molecule has 4 nitrogen and oxygen atoms in total. The smallest absolute Gasteiger partial charge is 0.252 e. The Labute approximate surface area is 482 Å². The normalized spacial score (nSPS) is 22.2. The van der Waals surface area contributed by atoms with Crippen molar-refractivity contribution < 1.29 is 4.42 Å². The highest BCUT2D eigenvalue weighted by molar-refractivity contribution is 7.00. The third kappa shape index (κ3) is 7.21. The molecule has 0 N–H and O–H groups in total. The van der Waals surface area contributed by atoms with Crippen LogP contribution in [0, 0.1) is 0 Å². The van der Waals surface area contributed by atoms with Crippen LogP contribution in [0.4, 0.5) is 45.5 Å². The molecule has 9 aromatic rings. The Hall–Kier alpha value is -6.98. The lowest BCUT2D eigenvalue weighted by molar-refractivity contribution is 0.195. The molecule has 1 fully saturated rings. The van der Waals surface area contributed by atoms with Gasteiger partial charge in [0.05, 0.1) is 5.54 Å². The predicted octanol–water partition coefficient (Wildman–Crippen LogP) is 19.1. The van der Waals surface area contributed by atoms with Crippen LogP contribution >= 0.6 is 0 Å². The van der Waals surface area contributed by atoms with Gasteiger partial charge in [0.1, 0.15) is 11.2 Å². The first kappa shape index (κ1) is 50.9. The number of fused-ring (bicyclic) bond motifs is 12. The highest BCUT2D eigenvalue weighted by Crippen LogP contribution is 2.63. The third-order valence-corrected chi connectivity index (χ3v) is 22.1. The van der Waals surface area contributed by atoms with Gasteiger partial charge in [-0.3, -0.25) is 0 Å². The van der Waals surface area contributed by atoms with E-state index in [4.69, 9.17) is 4.42 Å². The summed E-state index contributed by atoms with van der Waals surface area (Å²) < 4.78 is 6.83. The van der Waals surface area contributed by atoms with Gasteiger partial charge in [-0.05, 0) is 200 Å². The number of hydrogen-bond donors (Lipinski definition) is 0. The first-order chi connectivity index (χ1) is 38.5. The molecule has 408 valence electrons. The van der Waals surface area contributed by atoms with E-state index in [0.717, 1.165) is 52.6 Å². The quantitative estimate of drug-likeness (QED) is 0.160. The molecular formula is C76H80BN3O. The average molecular weight is 1060 g/mol. The van der Waals surface area contributed by atoms with Gasteiger partial charge < -0.3 is 19.1 Å². The van der Waals surface area contributed by atoms with Gasteiger partial charge in [0.25, 0.3) is 6.71 Å². The molecule has 0 amide bonds. The van der Waals surface area contributed by atoms with Gasteiger partial charge in [0.15, 0.2) is 0 Å².